The van der Waals surface area contributed by atoms with Gasteiger partial charge in [-0.15, -0.1) is 0 Å². The molecule has 0 rings (SSSR count). The van der Waals surface area contributed by atoms with Gasteiger partial charge in [-0.1, -0.05) is 0 Å². The first-order chi connectivity index (χ1) is 0. The van der Waals surface area contributed by atoms with E-state index in [9.17, 15) is 0 Å². The summed E-state index contributed by atoms with van der Waals surface area (Å²) >= 11 is 0. The van der Waals surface area contributed by atoms with E-state index in [1.54, 1.807) is 0 Å². The molecule has 0 aliphatic heterocycles. The monoisotopic (exact) mass is 276 g/mol. The Labute approximate surface area is 61.1 Å². The zero-order chi connectivity index (χ0) is 0. The van der Waals surface area contributed by atoms with Crippen molar-refractivity contribution in [2.24, 2.45) is 0 Å². The molecule has 0 fully saturated rings. The molecule has 0 aromatic carbocycles. The molecule has 0 amide bonds. The predicted octanol–water partition coefficient (Wildman–Crippen LogP) is -3.30. The Hall–Kier alpha value is 1.09. The molecule has 0 aliphatic rings. The number of rotatable bonds is 0. The van der Waals surface area contributed by atoms with Crippen molar-refractivity contribution in [2.75, 3.05) is 0 Å². The summed E-state index contributed by atoms with van der Waals surface area (Å²) in [6.45, 7) is 0. The van der Waals surface area contributed by atoms with Crippen LogP contribution in [0.5, 0.6) is 0 Å². The Kier molecular flexibility index (Phi) is 4940. The summed E-state index contributed by atoms with van der Waals surface area (Å²) in [5.74, 6) is 0. The standard InChI is InChI=1S/4H2O.2Ru/h4*1H2;;. The van der Waals surface area contributed by atoms with Crippen LogP contribution in [0.25, 0.3) is 0 Å². The van der Waals surface area contributed by atoms with Gasteiger partial charge in [0.05, 0.1) is 0 Å². The van der Waals surface area contributed by atoms with Crippen LogP contribution in [-0.4, -0.2) is 21.9 Å². The van der Waals surface area contributed by atoms with Gasteiger partial charge in [-0.25, -0.2) is 0 Å². The third-order valence-electron chi connectivity index (χ3n) is 0. The minimum atomic E-state index is 0. The zero-order valence-corrected chi connectivity index (χ0v) is 6.18. The molecule has 0 saturated carbocycles. The summed E-state index contributed by atoms with van der Waals surface area (Å²) in [4.78, 5) is 0. The second kappa shape index (κ2) is 133. The molecule has 0 radical (unpaired) electrons. The van der Waals surface area contributed by atoms with Gasteiger partial charge in [0.15, 0.2) is 0 Å². The summed E-state index contributed by atoms with van der Waals surface area (Å²) in [7, 11) is 0. The van der Waals surface area contributed by atoms with Crippen molar-refractivity contribution >= 4 is 0 Å². The van der Waals surface area contributed by atoms with E-state index in [1.165, 1.54) is 0 Å². The average Bonchev–Trinajstić information content (AvgIpc) is 0. The van der Waals surface area contributed by atoms with E-state index in [-0.39, 0.29) is 60.9 Å². The van der Waals surface area contributed by atoms with E-state index in [0.29, 0.717) is 0 Å². The van der Waals surface area contributed by atoms with Crippen molar-refractivity contribution in [3.05, 3.63) is 0 Å². The second-order valence-electron chi connectivity index (χ2n) is 0. The summed E-state index contributed by atoms with van der Waals surface area (Å²) in [6.07, 6.45) is 0. The molecule has 0 bridgehead atoms. The van der Waals surface area contributed by atoms with Gasteiger partial charge in [0.25, 0.3) is 0 Å². The summed E-state index contributed by atoms with van der Waals surface area (Å²) in [5, 5.41) is 0. The van der Waals surface area contributed by atoms with Gasteiger partial charge < -0.3 is 21.9 Å². The van der Waals surface area contributed by atoms with Crippen LogP contribution in [0.2, 0.25) is 0 Å². The summed E-state index contributed by atoms with van der Waals surface area (Å²) in [6, 6.07) is 0. The van der Waals surface area contributed by atoms with Crippen LogP contribution in [0.1, 0.15) is 0 Å². The molecule has 6 heavy (non-hydrogen) atoms. The van der Waals surface area contributed by atoms with Gasteiger partial charge in [-0.05, 0) is 0 Å². The maximum absolute atomic E-state index is 0. The molecule has 0 atom stereocenters. The van der Waals surface area contributed by atoms with Gasteiger partial charge in [0.2, 0.25) is 0 Å². The molecule has 0 unspecified atom stereocenters. The van der Waals surface area contributed by atoms with Crippen LogP contribution in [0.15, 0.2) is 0 Å². The molecule has 48 valence electrons. The van der Waals surface area contributed by atoms with Crippen LogP contribution in [-0.2, 0) is 39.0 Å². The van der Waals surface area contributed by atoms with E-state index in [2.05, 4.69) is 0 Å². The fourth-order valence-corrected chi connectivity index (χ4v) is 0. The molecule has 0 spiro atoms. The first-order valence-corrected chi connectivity index (χ1v) is 0. The van der Waals surface area contributed by atoms with Gasteiger partial charge in [0, 0.05) is 39.0 Å². The first kappa shape index (κ1) is 222. The normalized spacial score (nSPS) is 0. The van der Waals surface area contributed by atoms with Crippen LogP contribution in [0.4, 0.5) is 0 Å². The average molecular weight is 274 g/mol. The van der Waals surface area contributed by atoms with Gasteiger partial charge >= 0.3 is 0 Å². The Morgan fingerprint density at radius 1 is 0.333 bits per heavy atom. The molecule has 0 saturated heterocycles. The minimum absolute atomic E-state index is 0. The minimum Gasteiger partial charge on any atom is -0.412 e. The second-order valence-corrected chi connectivity index (χ2v) is 0. The molecule has 0 aromatic rings. The molecule has 8 N–H and O–H groups in total. The van der Waals surface area contributed by atoms with Crippen molar-refractivity contribution in [3.8, 4) is 0 Å². The molecule has 6 heteroatoms. The van der Waals surface area contributed by atoms with Gasteiger partial charge in [0.1, 0.15) is 0 Å². The fraction of sp³-hybridized carbons (Fsp3) is 0. The number of hydrogen-bond acceptors (Lipinski definition) is 0. The summed E-state index contributed by atoms with van der Waals surface area (Å²) in [5.41, 5.74) is 0. The van der Waals surface area contributed by atoms with Crippen LogP contribution < -0.4 is 0 Å². The third-order valence-corrected chi connectivity index (χ3v) is 0. The summed E-state index contributed by atoms with van der Waals surface area (Å²) < 4.78 is 0. The Morgan fingerprint density at radius 3 is 0.333 bits per heavy atom. The molecular formula is H8O4Ru2. The fourth-order valence-electron chi connectivity index (χ4n) is 0. The van der Waals surface area contributed by atoms with Crippen molar-refractivity contribution < 1.29 is 60.9 Å². The Morgan fingerprint density at radius 2 is 0.333 bits per heavy atom. The largest absolute Gasteiger partial charge is 0.412 e. The van der Waals surface area contributed by atoms with E-state index < -0.39 is 0 Å². The van der Waals surface area contributed by atoms with Crippen molar-refractivity contribution in [1.82, 2.24) is 0 Å². The smallest absolute Gasteiger partial charge is 0 e. The van der Waals surface area contributed by atoms with Crippen molar-refractivity contribution in [2.45, 2.75) is 0 Å². The third kappa shape index (κ3) is 71.9. The topological polar surface area (TPSA) is 126 Å². The van der Waals surface area contributed by atoms with Crippen LogP contribution in [0, 0.1) is 0 Å². The van der Waals surface area contributed by atoms with E-state index >= 15 is 0 Å². The molecule has 4 nitrogen and oxygen atoms in total. The quantitative estimate of drug-likeness (QED) is 0.410. The Bertz CT molecular complexity index is 5.51. The van der Waals surface area contributed by atoms with Crippen molar-refractivity contribution in [1.29, 1.82) is 0 Å². The SMILES string of the molecule is O.O.O.O.[Ru].[Ru]. The number of hydrogen-bond donors (Lipinski definition) is 0. The molecule has 0 aromatic heterocycles. The maximum atomic E-state index is 0. The van der Waals surface area contributed by atoms with E-state index in [4.69, 9.17) is 0 Å². The predicted molar refractivity (Wildman–Crippen MR) is 14.5 cm³/mol. The first-order valence-electron chi connectivity index (χ1n) is 0. The van der Waals surface area contributed by atoms with Gasteiger partial charge in [-0.3, -0.25) is 0 Å². The molecular weight excluding hydrogens is 266 g/mol. The van der Waals surface area contributed by atoms with E-state index in [1.807, 2.05) is 0 Å². The van der Waals surface area contributed by atoms with Crippen LogP contribution in [0.3, 0.4) is 0 Å². The van der Waals surface area contributed by atoms with Crippen LogP contribution >= 0.6 is 0 Å². The van der Waals surface area contributed by atoms with E-state index in [0.717, 1.165) is 0 Å². The van der Waals surface area contributed by atoms with Crippen molar-refractivity contribution in [3.63, 3.8) is 0 Å². The maximum Gasteiger partial charge on any atom is 0 e. The molecule has 0 heterocycles. The Balaban J connectivity index is 0. The molecule has 0 aliphatic carbocycles. The zero-order valence-electron chi connectivity index (χ0n) is 2.71. The van der Waals surface area contributed by atoms with Gasteiger partial charge in [-0.2, -0.15) is 0 Å².